The van der Waals surface area contributed by atoms with Crippen molar-refractivity contribution in [2.24, 2.45) is 5.73 Å². The molecule has 0 aliphatic heterocycles. The Morgan fingerprint density at radius 1 is 1.41 bits per heavy atom. The highest BCUT2D eigenvalue weighted by Crippen LogP contribution is 2.31. The molecular weight excluding hydrogens is 242 g/mol. The number of carbonyl (C=O) groups excluding carboxylic acids is 1. The molecule has 0 fully saturated rings. The summed E-state index contributed by atoms with van der Waals surface area (Å²) in [5.74, 6) is -2.12. The fraction of sp³-hybridized carbons (Fsp3) is 0.300. The third-order valence-corrected chi connectivity index (χ3v) is 2.12. The lowest BCUT2D eigenvalue weighted by atomic mass is 10.0. The van der Waals surface area contributed by atoms with Gasteiger partial charge in [-0.2, -0.15) is 13.2 Å². The van der Waals surface area contributed by atoms with Crippen molar-refractivity contribution in [3.05, 3.63) is 35.1 Å². The molecule has 0 amide bonds. The molecule has 0 bridgehead atoms. The molecule has 0 saturated carbocycles. The summed E-state index contributed by atoms with van der Waals surface area (Å²) in [6.45, 7) is 0. The first kappa shape index (κ1) is 13.4. The molecule has 1 rings (SSSR count). The SMILES string of the molecule is COC(=O)[C@@H](N)c1ccc(C(F)(F)F)cc1F. The summed E-state index contributed by atoms with van der Waals surface area (Å²) >= 11 is 0. The highest BCUT2D eigenvalue weighted by Gasteiger charge is 2.32. The monoisotopic (exact) mass is 251 g/mol. The number of nitrogens with two attached hydrogens (primary N) is 1. The molecule has 0 spiro atoms. The third-order valence-electron chi connectivity index (χ3n) is 2.12. The molecule has 0 radical (unpaired) electrons. The lowest BCUT2D eigenvalue weighted by molar-refractivity contribution is -0.142. The van der Waals surface area contributed by atoms with E-state index in [1.54, 1.807) is 0 Å². The zero-order valence-corrected chi connectivity index (χ0v) is 8.72. The normalized spacial score (nSPS) is 13.3. The van der Waals surface area contributed by atoms with Gasteiger partial charge in [-0.1, -0.05) is 6.07 Å². The van der Waals surface area contributed by atoms with E-state index in [1.807, 2.05) is 0 Å². The molecule has 2 N–H and O–H groups in total. The molecule has 3 nitrogen and oxygen atoms in total. The Balaban J connectivity index is 3.10. The number of rotatable bonds is 2. The molecule has 1 atom stereocenters. The Labute approximate surface area is 94.2 Å². The van der Waals surface area contributed by atoms with E-state index in [-0.39, 0.29) is 11.6 Å². The van der Waals surface area contributed by atoms with Gasteiger partial charge in [0.1, 0.15) is 11.9 Å². The number of esters is 1. The van der Waals surface area contributed by atoms with Crippen LogP contribution >= 0.6 is 0 Å². The van der Waals surface area contributed by atoms with Gasteiger partial charge >= 0.3 is 12.1 Å². The Bertz CT molecular complexity index is 431. The zero-order chi connectivity index (χ0) is 13.2. The van der Waals surface area contributed by atoms with Gasteiger partial charge in [0.15, 0.2) is 0 Å². The van der Waals surface area contributed by atoms with Gasteiger partial charge in [-0.25, -0.2) is 4.39 Å². The van der Waals surface area contributed by atoms with E-state index in [4.69, 9.17) is 5.73 Å². The summed E-state index contributed by atoms with van der Waals surface area (Å²) in [5.41, 5.74) is 3.83. The van der Waals surface area contributed by atoms with E-state index < -0.39 is 29.6 Å². The van der Waals surface area contributed by atoms with Crippen molar-refractivity contribution < 1.29 is 27.1 Å². The van der Waals surface area contributed by atoms with Crippen LogP contribution in [0, 0.1) is 5.82 Å². The molecule has 1 aromatic carbocycles. The van der Waals surface area contributed by atoms with E-state index >= 15 is 0 Å². The van der Waals surface area contributed by atoms with Crippen LogP contribution in [0.1, 0.15) is 17.2 Å². The van der Waals surface area contributed by atoms with Gasteiger partial charge in [-0.3, -0.25) is 4.79 Å². The minimum atomic E-state index is -4.64. The number of methoxy groups -OCH3 is 1. The Morgan fingerprint density at radius 3 is 2.41 bits per heavy atom. The van der Waals surface area contributed by atoms with Crippen molar-refractivity contribution in [3.63, 3.8) is 0 Å². The van der Waals surface area contributed by atoms with Crippen molar-refractivity contribution in [3.8, 4) is 0 Å². The molecule has 17 heavy (non-hydrogen) atoms. The van der Waals surface area contributed by atoms with E-state index in [9.17, 15) is 22.4 Å². The van der Waals surface area contributed by atoms with Crippen LogP contribution in [0.15, 0.2) is 18.2 Å². The molecule has 94 valence electrons. The first-order valence-corrected chi connectivity index (χ1v) is 4.47. The molecule has 0 aliphatic rings. The van der Waals surface area contributed by atoms with Crippen molar-refractivity contribution >= 4 is 5.97 Å². The molecule has 0 aliphatic carbocycles. The van der Waals surface area contributed by atoms with Crippen molar-refractivity contribution in [2.75, 3.05) is 7.11 Å². The van der Waals surface area contributed by atoms with Gasteiger partial charge in [-0.05, 0) is 12.1 Å². The van der Waals surface area contributed by atoms with E-state index in [0.29, 0.717) is 6.07 Å². The second-order valence-corrected chi connectivity index (χ2v) is 3.23. The number of hydrogen-bond donors (Lipinski definition) is 1. The van der Waals surface area contributed by atoms with Crippen molar-refractivity contribution in [1.82, 2.24) is 0 Å². The van der Waals surface area contributed by atoms with E-state index in [2.05, 4.69) is 4.74 Å². The number of carbonyl (C=O) groups is 1. The largest absolute Gasteiger partial charge is 0.468 e. The van der Waals surface area contributed by atoms with Crippen LogP contribution in [0.3, 0.4) is 0 Å². The first-order valence-electron chi connectivity index (χ1n) is 4.47. The maximum atomic E-state index is 13.3. The quantitative estimate of drug-likeness (QED) is 0.646. The van der Waals surface area contributed by atoms with Crippen LogP contribution in [-0.4, -0.2) is 13.1 Å². The summed E-state index contributed by atoms with van der Waals surface area (Å²) in [6, 6.07) is 0.321. The highest BCUT2D eigenvalue weighted by molar-refractivity contribution is 5.77. The number of alkyl halides is 3. The topological polar surface area (TPSA) is 52.3 Å². The summed E-state index contributed by atoms with van der Waals surface area (Å²) < 4.78 is 54.3. The number of halogens is 4. The highest BCUT2D eigenvalue weighted by atomic mass is 19.4. The second kappa shape index (κ2) is 4.70. The number of ether oxygens (including phenoxy) is 1. The summed E-state index contributed by atoms with van der Waals surface area (Å²) in [5, 5.41) is 0. The van der Waals surface area contributed by atoms with Gasteiger partial charge in [0.2, 0.25) is 0 Å². The van der Waals surface area contributed by atoms with Crippen molar-refractivity contribution in [2.45, 2.75) is 12.2 Å². The van der Waals surface area contributed by atoms with E-state index in [0.717, 1.165) is 13.2 Å². The Kier molecular flexibility index (Phi) is 3.72. The minimum Gasteiger partial charge on any atom is -0.468 e. The fourth-order valence-corrected chi connectivity index (χ4v) is 1.21. The lowest BCUT2D eigenvalue weighted by Crippen LogP contribution is -2.24. The second-order valence-electron chi connectivity index (χ2n) is 3.23. The van der Waals surface area contributed by atoms with Crippen LogP contribution in [0.25, 0.3) is 0 Å². The predicted octanol–water partition coefficient (Wildman–Crippen LogP) is 2.02. The van der Waals surface area contributed by atoms with Gasteiger partial charge in [0.05, 0.1) is 12.7 Å². The maximum Gasteiger partial charge on any atom is 0.416 e. The first-order chi connectivity index (χ1) is 7.77. The van der Waals surface area contributed by atoms with Crippen LogP contribution in [-0.2, 0) is 15.7 Å². The molecule has 0 saturated heterocycles. The number of benzene rings is 1. The molecule has 0 aromatic heterocycles. The minimum absolute atomic E-state index is 0.290. The van der Waals surface area contributed by atoms with Crippen LogP contribution in [0.5, 0.6) is 0 Å². The lowest BCUT2D eigenvalue weighted by Gasteiger charge is -2.12. The summed E-state index contributed by atoms with van der Waals surface area (Å²) in [4.78, 5) is 11.0. The number of hydrogen-bond acceptors (Lipinski definition) is 3. The van der Waals surface area contributed by atoms with Crippen molar-refractivity contribution in [1.29, 1.82) is 0 Å². The molecule has 0 unspecified atom stereocenters. The van der Waals surface area contributed by atoms with Gasteiger partial charge in [-0.15, -0.1) is 0 Å². The Hall–Kier alpha value is -1.63. The summed E-state index contributed by atoms with van der Waals surface area (Å²) in [6.07, 6.45) is -4.64. The molecule has 0 heterocycles. The molecular formula is C10H9F4NO2. The van der Waals surface area contributed by atoms with Gasteiger partial charge in [0.25, 0.3) is 0 Å². The fourth-order valence-electron chi connectivity index (χ4n) is 1.21. The smallest absolute Gasteiger partial charge is 0.416 e. The predicted molar refractivity (Wildman–Crippen MR) is 50.3 cm³/mol. The van der Waals surface area contributed by atoms with Crippen LogP contribution in [0.4, 0.5) is 17.6 Å². The van der Waals surface area contributed by atoms with Gasteiger partial charge in [0, 0.05) is 5.56 Å². The average Bonchev–Trinajstić information content (AvgIpc) is 2.25. The zero-order valence-electron chi connectivity index (χ0n) is 8.72. The molecule has 7 heteroatoms. The standard InChI is InChI=1S/C10H9F4NO2/c1-17-9(16)8(15)6-3-2-5(4-7(6)11)10(12,13)14/h2-4,8H,15H2,1H3/t8-/m0/s1. The van der Waals surface area contributed by atoms with E-state index in [1.165, 1.54) is 0 Å². The average molecular weight is 251 g/mol. The molecule has 1 aromatic rings. The Morgan fingerprint density at radius 2 is 2.00 bits per heavy atom. The van der Waals surface area contributed by atoms with Crippen LogP contribution in [0.2, 0.25) is 0 Å². The maximum absolute atomic E-state index is 13.3. The van der Waals surface area contributed by atoms with Crippen LogP contribution < -0.4 is 5.73 Å². The summed E-state index contributed by atoms with van der Waals surface area (Å²) in [7, 11) is 1.05. The van der Waals surface area contributed by atoms with Gasteiger partial charge < -0.3 is 10.5 Å². The third kappa shape index (κ3) is 2.94.